The van der Waals surface area contributed by atoms with Crippen LogP contribution in [0.3, 0.4) is 0 Å². The van der Waals surface area contributed by atoms with Crippen LogP contribution in [0.15, 0.2) is 58.5 Å². The van der Waals surface area contributed by atoms with Gasteiger partial charge in [0.1, 0.15) is 17.1 Å². The molecule has 8 nitrogen and oxygen atoms in total. The number of benzene rings is 2. The number of barbiturate groups is 1. The molecule has 1 aromatic heterocycles. The minimum Gasteiger partial charge on any atom is -0.465 e. The number of nitrogens with zero attached hydrogens (tertiary/aromatic N) is 1. The summed E-state index contributed by atoms with van der Waals surface area (Å²) in [6.45, 7) is 3.61. The second-order valence-corrected chi connectivity index (χ2v) is 8.02. The summed E-state index contributed by atoms with van der Waals surface area (Å²) >= 11 is 6.14. The van der Waals surface area contributed by atoms with Crippen molar-refractivity contribution in [1.29, 1.82) is 0 Å². The standard InChI is InChI=1S/C25H19ClN2O6/c1-13-4-6-16(11-20(13)26)28-23(30)19(22(29)27-25(28)32)12-17-7-9-21(34-17)18-8-5-15(10-14(18)2)24(31)33-3/h4-12H,1-3H3,(H,27,29,32)/b19-12-. The van der Waals surface area contributed by atoms with Crippen molar-refractivity contribution in [2.24, 2.45) is 0 Å². The van der Waals surface area contributed by atoms with Crippen LogP contribution >= 0.6 is 11.6 Å². The van der Waals surface area contributed by atoms with Crippen LogP contribution in [0.4, 0.5) is 10.5 Å². The van der Waals surface area contributed by atoms with E-state index in [0.717, 1.165) is 21.6 Å². The second-order valence-electron chi connectivity index (χ2n) is 7.61. The third kappa shape index (κ3) is 4.23. The number of carbonyl (C=O) groups is 4. The highest BCUT2D eigenvalue weighted by Gasteiger charge is 2.37. The Morgan fingerprint density at radius 3 is 2.47 bits per heavy atom. The van der Waals surface area contributed by atoms with Crippen LogP contribution in [0.2, 0.25) is 5.02 Å². The molecule has 4 rings (SSSR count). The first-order valence-corrected chi connectivity index (χ1v) is 10.5. The molecule has 0 atom stereocenters. The van der Waals surface area contributed by atoms with E-state index in [1.54, 1.807) is 49.4 Å². The molecule has 0 unspecified atom stereocenters. The van der Waals surface area contributed by atoms with Gasteiger partial charge in [-0.05, 0) is 67.4 Å². The first-order chi connectivity index (χ1) is 16.2. The van der Waals surface area contributed by atoms with Crippen LogP contribution in [0.1, 0.15) is 27.2 Å². The summed E-state index contributed by atoms with van der Waals surface area (Å²) in [5.74, 6) is -1.37. The van der Waals surface area contributed by atoms with Crippen molar-refractivity contribution in [2.75, 3.05) is 12.0 Å². The summed E-state index contributed by atoms with van der Waals surface area (Å²) in [5, 5.41) is 2.54. The average Bonchev–Trinajstić information content (AvgIpc) is 3.26. The van der Waals surface area contributed by atoms with Crippen LogP contribution in [-0.2, 0) is 14.3 Å². The molecule has 1 N–H and O–H groups in total. The Morgan fingerprint density at radius 1 is 1.03 bits per heavy atom. The lowest BCUT2D eigenvalue weighted by Crippen LogP contribution is -2.54. The number of anilines is 1. The Balaban J connectivity index is 1.66. The van der Waals surface area contributed by atoms with Crippen LogP contribution in [0.5, 0.6) is 0 Å². The quantitative estimate of drug-likeness (QED) is 0.332. The van der Waals surface area contributed by atoms with Gasteiger partial charge in [0.05, 0.1) is 18.4 Å². The number of amides is 4. The van der Waals surface area contributed by atoms with Gasteiger partial charge >= 0.3 is 12.0 Å². The molecule has 0 radical (unpaired) electrons. The molecule has 2 aromatic carbocycles. The van der Waals surface area contributed by atoms with E-state index in [2.05, 4.69) is 5.32 Å². The highest BCUT2D eigenvalue weighted by molar-refractivity contribution is 6.39. The maximum atomic E-state index is 13.1. The monoisotopic (exact) mass is 478 g/mol. The fraction of sp³-hybridized carbons (Fsp3) is 0.120. The summed E-state index contributed by atoms with van der Waals surface area (Å²) in [5.41, 5.74) is 2.65. The third-order valence-electron chi connectivity index (χ3n) is 5.34. The van der Waals surface area contributed by atoms with Gasteiger partial charge in [0, 0.05) is 10.6 Å². The van der Waals surface area contributed by atoms with E-state index in [4.69, 9.17) is 20.8 Å². The lowest BCUT2D eigenvalue weighted by atomic mass is 10.0. The summed E-state index contributed by atoms with van der Waals surface area (Å²) in [7, 11) is 1.31. The minimum absolute atomic E-state index is 0.234. The Bertz CT molecular complexity index is 1390. The zero-order valence-corrected chi connectivity index (χ0v) is 19.2. The molecule has 1 saturated heterocycles. The zero-order chi connectivity index (χ0) is 24.6. The number of furan rings is 1. The summed E-state index contributed by atoms with van der Waals surface area (Å²) in [6.07, 6.45) is 1.27. The van der Waals surface area contributed by atoms with Gasteiger partial charge in [0.2, 0.25) is 0 Å². The van der Waals surface area contributed by atoms with Crippen molar-refractivity contribution in [3.8, 4) is 11.3 Å². The van der Waals surface area contributed by atoms with Gasteiger partial charge in [-0.1, -0.05) is 23.7 Å². The third-order valence-corrected chi connectivity index (χ3v) is 5.75. The molecule has 1 aliphatic rings. The number of methoxy groups -OCH3 is 1. The van der Waals surface area contributed by atoms with Crippen LogP contribution in [0.25, 0.3) is 17.4 Å². The van der Waals surface area contributed by atoms with Crippen molar-refractivity contribution >= 4 is 47.2 Å². The number of ether oxygens (including phenoxy) is 1. The highest BCUT2D eigenvalue weighted by atomic mass is 35.5. The summed E-state index contributed by atoms with van der Waals surface area (Å²) < 4.78 is 10.6. The molecule has 0 aliphatic carbocycles. The van der Waals surface area contributed by atoms with Crippen molar-refractivity contribution in [1.82, 2.24) is 5.32 Å². The first-order valence-electron chi connectivity index (χ1n) is 10.2. The topological polar surface area (TPSA) is 106 Å². The molecule has 34 heavy (non-hydrogen) atoms. The van der Waals surface area contributed by atoms with Gasteiger partial charge in [-0.25, -0.2) is 14.5 Å². The van der Waals surface area contributed by atoms with Gasteiger partial charge in [-0.15, -0.1) is 0 Å². The second kappa shape index (κ2) is 8.99. The van der Waals surface area contributed by atoms with E-state index in [9.17, 15) is 19.2 Å². The molecule has 1 aliphatic heterocycles. The summed E-state index contributed by atoms with van der Waals surface area (Å²) in [6, 6.07) is 12.1. The van der Waals surface area contributed by atoms with E-state index in [1.807, 2.05) is 6.92 Å². The number of rotatable bonds is 4. The predicted octanol–water partition coefficient (Wildman–Crippen LogP) is 4.67. The summed E-state index contributed by atoms with van der Waals surface area (Å²) in [4.78, 5) is 50.4. The van der Waals surface area contributed by atoms with Gasteiger partial charge in [0.15, 0.2) is 0 Å². The number of hydrogen-bond acceptors (Lipinski definition) is 6. The molecule has 2 heterocycles. The lowest BCUT2D eigenvalue weighted by molar-refractivity contribution is -0.122. The van der Waals surface area contributed by atoms with Crippen molar-refractivity contribution in [3.05, 3.63) is 81.6 Å². The molecule has 0 bridgehead atoms. The SMILES string of the molecule is COC(=O)c1ccc(-c2ccc(/C=C3/C(=O)NC(=O)N(c4ccc(C)c(Cl)c4)C3=O)o2)c(C)c1. The van der Waals surface area contributed by atoms with Crippen LogP contribution in [0, 0.1) is 13.8 Å². The molecule has 0 saturated carbocycles. The van der Waals surface area contributed by atoms with Gasteiger partial charge in [-0.2, -0.15) is 0 Å². The number of urea groups is 1. The number of nitrogens with one attached hydrogen (secondary N) is 1. The molecule has 3 aromatic rings. The maximum Gasteiger partial charge on any atom is 0.337 e. The van der Waals surface area contributed by atoms with E-state index in [0.29, 0.717) is 16.3 Å². The maximum absolute atomic E-state index is 13.1. The van der Waals surface area contributed by atoms with Gasteiger partial charge in [-0.3, -0.25) is 14.9 Å². The Kier molecular flexibility index (Phi) is 6.08. The van der Waals surface area contributed by atoms with Gasteiger partial charge in [0.25, 0.3) is 11.8 Å². The molecule has 172 valence electrons. The lowest BCUT2D eigenvalue weighted by Gasteiger charge is -2.26. The molecule has 0 spiro atoms. The van der Waals surface area contributed by atoms with Crippen LogP contribution in [-0.4, -0.2) is 30.9 Å². The van der Waals surface area contributed by atoms with E-state index < -0.39 is 23.8 Å². The Labute approximate surface area is 199 Å². The van der Waals surface area contributed by atoms with Gasteiger partial charge < -0.3 is 9.15 Å². The zero-order valence-electron chi connectivity index (χ0n) is 18.5. The number of carbonyl (C=O) groups excluding carboxylic acids is 4. The minimum atomic E-state index is -0.867. The van der Waals surface area contributed by atoms with Crippen LogP contribution < -0.4 is 10.2 Å². The van der Waals surface area contributed by atoms with Crippen molar-refractivity contribution in [2.45, 2.75) is 13.8 Å². The number of halogens is 1. The van der Waals surface area contributed by atoms with E-state index >= 15 is 0 Å². The number of hydrogen-bond donors (Lipinski definition) is 1. The normalized spacial score (nSPS) is 15.0. The van der Waals surface area contributed by atoms with E-state index in [-0.39, 0.29) is 17.0 Å². The number of imide groups is 2. The number of aryl methyl sites for hydroxylation is 2. The molecular weight excluding hydrogens is 460 g/mol. The molecule has 1 fully saturated rings. The van der Waals surface area contributed by atoms with Crippen molar-refractivity contribution in [3.63, 3.8) is 0 Å². The predicted molar refractivity (Wildman–Crippen MR) is 125 cm³/mol. The Morgan fingerprint density at radius 2 is 1.79 bits per heavy atom. The number of esters is 1. The fourth-order valence-electron chi connectivity index (χ4n) is 3.52. The molecular formula is C25H19ClN2O6. The molecule has 9 heteroatoms. The highest BCUT2D eigenvalue weighted by Crippen LogP contribution is 2.29. The van der Waals surface area contributed by atoms with E-state index in [1.165, 1.54) is 19.3 Å². The molecule has 4 amide bonds. The fourth-order valence-corrected chi connectivity index (χ4v) is 3.69. The first kappa shape index (κ1) is 23.0. The smallest absolute Gasteiger partial charge is 0.337 e. The average molecular weight is 479 g/mol. The Hall–Kier alpha value is -4.17. The largest absolute Gasteiger partial charge is 0.465 e. The van der Waals surface area contributed by atoms with Crippen molar-refractivity contribution < 1.29 is 28.3 Å².